The highest BCUT2D eigenvalue weighted by molar-refractivity contribution is 7.16. The molecule has 0 aliphatic heterocycles. The van der Waals surface area contributed by atoms with Crippen molar-refractivity contribution in [2.24, 2.45) is 5.92 Å². The van der Waals surface area contributed by atoms with Gasteiger partial charge in [-0.3, -0.25) is 0 Å². The molecule has 1 aliphatic carbocycles. The van der Waals surface area contributed by atoms with Crippen molar-refractivity contribution in [3.8, 4) is 0 Å². The Morgan fingerprint density at radius 3 is 2.76 bits per heavy atom. The molecule has 2 nitrogen and oxygen atoms in total. The van der Waals surface area contributed by atoms with E-state index in [1.54, 1.807) is 17.6 Å². The van der Waals surface area contributed by atoms with Crippen molar-refractivity contribution >= 4 is 22.9 Å². The summed E-state index contributed by atoms with van der Waals surface area (Å²) in [6.07, 6.45) is 10.0. The zero-order valence-electron chi connectivity index (χ0n) is 12.2. The highest BCUT2D eigenvalue weighted by Crippen LogP contribution is 2.32. The molecule has 2 heterocycles. The lowest BCUT2D eigenvalue weighted by Gasteiger charge is -2.23. The van der Waals surface area contributed by atoms with Gasteiger partial charge in [0.2, 0.25) is 0 Å². The fourth-order valence-corrected chi connectivity index (χ4v) is 4.33. The van der Waals surface area contributed by atoms with Gasteiger partial charge >= 0.3 is 0 Å². The van der Waals surface area contributed by atoms with E-state index in [0.717, 1.165) is 22.6 Å². The molecule has 0 aromatic carbocycles. The monoisotopic (exact) mass is 323 g/mol. The lowest BCUT2D eigenvalue weighted by molar-refractivity contribution is 0.327. The van der Waals surface area contributed by atoms with Gasteiger partial charge in [-0.2, -0.15) is 0 Å². The van der Waals surface area contributed by atoms with E-state index >= 15 is 0 Å². The molecule has 4 heteroatoms. The molecule has 0 spiro atoms. The molecule has 1 saturated carbocycles. The molecule has 1 aliphatic rings. The van der Waals surface area contributed by atoms with Gasteiger partial charge < -0.3 is 9.73 Å². The minimum Gasteiger partial charge on any atom is -0.467 e. The molecule has 0 radical (unpaired) electrons. The summed E-state index contributed by atoms with van der Waals surface area (Å²) in [7, 11) is 0. The molecule has 0 bridgehead atoms. The Morgan fingerprint density at radius 1 is 1.24 bits per heavy atom. The second-order valence-corrected chi connectivity index (χ2v) is 7.58. The highest BCUT2D eigenvalue weighted by atomic mass is 35.5. The average Bonchev–Trinajstić information content (AvgIpc) is 3.16. The lowest BCUT2D eigenvalue weighted by Crippen LogP contribution is -2.24. The van der Waals surface area contributed by atoms with Crippen molar-refractivity contribution in [3.63, 3.8) is 0 Å². The molecule has 1 N–H and O–H groups in total. The van der Waals surface area contributed by atoms with Crippen molar-refractivity contribution < 1.29 is 4.42 Å². The molecule has 3 rings (SSSR count). The van der Waals surface area contributed by atoms with Gasteiger partial charge in [0.25, 0.3) is 0 Å². The summed E-state index contributed by atoms with van der Waals surface area (Å²) >= 11 is 7.70. The average molecular weight is 324 g/mol. The molecule has 114 valence electrons. The Hall–Kier alpha value is -0.770. The van der Waals surface area contributed by atoms with Crippen molar-refractivity contribution in [3.05, 3.63) is 45.5 Å². The number of nitrogens with one attached hydrogen (secondary N) is 1. The quantitative estimate of drug-likeness (QED) is 0.743. The van der Waals surface area contributed by atoms with Crippen LogP contribution in [0.4, 0.5) is 0 Å². The maximum atomic E-state index is 6.08. The largest absolute Gasteiger partial charge is 0.467 e. The topological polar surface area (TPSA) is 25.2 Å². The van der Waals surface area contributed by atoms with Gasteiger partial charge in [0.1, 0.15) is 11.8 Å². The van der Waals surface area contributed by atoms with Gasteiger partial charge in [-0.15, -0.1) is 11.3 Å². The van der Waals surface area contributed by atoms with Crippen LogP contribution in [0.25, 0.3) is 0 Å². The summed E-state index contributed by atoms with van der Waals surface area (Å²) in [6.45, 7) is 1.03. The van der Waals surface area contributed by atoms with Crippen LogP contribution in [0.1, 0.15) is 55.2 Å². The zero-order chi connectivity index (χ0) is 14.5. The number of hydrogen-bond donors (Lipinski definition) is 1. The van der Waals surface area contributed by atoms with Gasteiger partial charge in [-0.1, -0.05) is 43.7 Å². The molecule has 0 amide bonds. The summed E-state index contributed by atoms with van der Waals surface area (Å²) < 4.78 is 6.43. The number of thiophene rings is 1. The third-order valence-corrected chi connectivity index (χ3v) is 5.63. The third kappa shape index (κ3) is 4.12. The summed E-state index contributed by atoms with van der Waals surface area (Å²) in [5, 5.41) is 3.66. The van der Waals surface area contributed by atoms with Crippen LogP contribution in [0.2, 0.25) is 4.34 Å². The summed E-state index contributed by atoms with van der Waals surface area (Å²) in [4.78, 5) is 1.22. The smallest absolute Gasteiger partial charge is 0.126 e. The second kappa shape index (κ2) is 7.48. The molecule has 1 unspecified atom stereocenters. The predicted octanol–water partition coefficient (Wildman–Crippen LogP) is 5.64. The first-order valence-corrected chi connectivity index (χ1v) is 9.04. The van der Waals surface area contributed by atoms with Crippen LogP contribution in [0.3, 0.4) is 0 Å². The van der Waals surface area contributed by atoms with Gasteiger partial charge in [0.05, 0.1) is 10.6 Å². The zero-order valence-corrected chi connectivity index (χ0v) is 13.8. The van der Waals surface area contributed by atoms with E-state index in [1.807, 2.05) is 18.2 Å². The van der Waals surface area contributed by atoms with Crippen LogP contribution >= 0.6 is 22.9 Å². The van der Waals surface area contributed by atoms with Gasteiger partial charge in [-0.05, 0) is 43.1 Å². The summed E-state index contributed by atoms with van der Waals surface area (Å²) in [5.41, 5.74) is 0. The molecule has 1 atom stereocenters. The van der Waals surface area contributed by atoms with E-state index in [-0.39, 0.29) is 6.04 Å². The number of furan rings is 1. The molecule has 2 aromatic heterocycles. The Kier molecular flexibility index (Phi) is 5.39. The van der Waals surface area contributed by atoms with Crippen LogP contribution in [-0.4, -0.2) is 6.54 Å². The minimum absolute atomic E-state index is 0.126. The maximum Gasteiger partial charge on any atom is 0.126 e. The fraction of sp³-hybridized carbons (Fsp3) is 0.529. The summed E-state index contributed by atoms with van der Waals surface area (Å²) in [5.74, 6) is 1.87. The first kappa shape index (κ1) is 15.1. The molecule has 21 heavy (non-hydrogen) atoms. The van der Waals surface area contributed by atoms with E-state index in [2.05, 4.69) is 11.4 Å². The SMILES string of the molecule is Clc1ccc(C(NCCC2CCCCC2)c2ccco2)s1. The van der Waals surface area contributed by atoms with Crippen LogP contribution in [0.15, 0.2) is 34.9 Å². The van der Waals surface area contributed by atoms with Crippen molar-refractivity contribution in [2.75, 3.05) is 6.54 Å². The number of hydrogen-bond acceptors (Lipinski definition) is 3. The maximum absolute atomic E-state index is 6.08. The van der Waals surface area contributed by atoms with Gasteiger partial charge in [-0.25, -0.2) is 0 Å². The normalized spacial score (nSPS) is 18.0. The van der Waals surface area contributed by atoms with E-state index in [1.165, 1.54) is 43.4 Å². The van der Waals surface area contributed by atoms with Crippen LogP contribution < -0.4 is 5.32 Å². The van der Waals surface area contributed by atoms with E-state index in [4.69, 9.17) is 16.0 Å². The van der Waals surface area contributed by atoms with Crippen LogP contribution in [-0.2, 0) is 0 Å². The Morgan fingerprint density at radius 2 is 2.10 bits per heavy atom. The molecule has 1 fully saturated rings. The first-order chi connectivity index (χ1) is 10.3. The Labute approximate surface area is 135 Å². The van der Waals surface area contributed by atoms with Gasteiger partial charge in [0.15, 0.2) is 0 Å². The second-order valence-electron chi connectivity index (χ2n) is 5.84. The van der Waals surface area contributed by atoms with E-state index < -0.39 is 0 Å². The van der Waals surface area contributed by atoms with Crippen molar-refractivity contribution in [2.45, 2.75) is 44.6 Å². The fourth-order valence-electron chi connectivity index (χ4n) is 3.19. The standard InChI is InChI=1S/C17H22ClNOS/c18-16-9-8-15(21-16)17(14-7-4-12-20-14)19-11-10-13-5-2-1-3-6-13/h4,7-9,12-13,17,19H,1-3,5-6,10-11H2. The van der Waals surface area contributed by atoms with Gasteiger partial charge in [0, 0.05) is 4.88 Å². The number of rotatable bonds is 6. The minimum atomic E-state index is 0.126. The summed E-state index contributed by atoms with van der Waals surface area (Å²) in [6, 6.07) is 8.15. The molecular weight excluding hydrogens is 302 g/mol. The number of halogens is 1. The van der Waals surface area contributed by atoms with Crippen molar-refractivity contribution in [1.29, 1.82) is 0 Å². The lowest BCUT2D eigenvalue weighted by atomic mass is 9.87. The predicted molar refractivity (Wildman–Crippen MR) is 89.1 cm³/mol. The third-order valence-electron chi connectivity index (χ3n) is 4.33. The highest BCUT2D eigenvalue weighted by Gasteiger charge is 2.19. The Balaban J connectivity index is 1.60. The molecule has 2 aromatic rings. The molecule has 0 saturated heterocycles. The Bertz CT molecular complexity index is 531. The van der Waals surface area contributed by atoms with Crippen LogP contribution in [0.5, 0.6) is 0 Å². The molecular formula is C17H22ClNOS. The first-order valence-electron chi connectivity index (χ1n) is 7.85. The van der Waals surface area contributed by atoms with E-state index in [9.17, 15) is 0 Å². The van der Waals surface area contributed by atoms with E-state index in [0.29, 0.717) is 0 Å². The van der Waals surface area contributed by atoms with Crippen LogP contribution in [0, 0.1) is 5.92 Å². The van der Waals surface area contributed by atoms with Crippen molar-refractivity contribution in [1.82, 2.24) is 5.32 Å².